The summed E-state index contributed by atoms with van der Waals surface area (Å²) >= 11 is 0. The molecule has 1 aliphatic rings. The molecule has 2 heterocycles. The first-order chi connectivity index (χ1) is 20.7. The Morgan fingerprint density at radius 3 is 2.42 bits per heavy atom. The van der Waals surface area contributed by atoms with Crippen LogP contribution in [0.3, 0.4) is 0 Å². The zero-order chi connectivity index (χ0) is 30.1. The SMILES string of the molecule is CC[C@@H](Nc1c(C#N)cnc2c(C(F)(F)F)cc(NC(c3ccc(F)cc3)c3cn(C4CC4)nn3)cc12)c1ccccc1. The largest absolute Gasteiger partial charge is 0.418 e. The highest BCUT2D eigenvalue weighted by molar-refractivity contribution is 5.98. The summed E-state index contributed by atoms with van der Waals surface area (Å²) < 4.78 is 59.1. The van der Waals surface area contributed by atoms with E-state index >= 15 is 0 Å². The second kappa shape index (κ2) is 11.4. The summed E-state index contributed by atoms with van der Waals surface area (Å²) in [5.74, 6) is -0.441. The molecule has 5 aromatic rings. The molecule has 0 aliphatic heterocycles. The standard InChI is InChI=1S/C32H27F4N7/c1-2-27(19-6-4-3-5-7-19)40-29-21(16-37)17-38-31-25(29)14-23(15-26(31)32(34,35)36)39-30(20-8-10-22(33)11-9-20)28-18-43(42-41-28)24-12-13-24/h3-11,14-15,17-18,24,27,30,39H,2,12-13H2,1H3,(H,38,40)/t27-,30?/m1/s1. The third kappa shape index (κ3) is 5.86. The Kier molecular flexibility index (Phi) is 7.44. The number of alkyl halides is 3. The molecule has 3 aromatic carbocycles. The van der Waals surface area contributed by atoms with Gasteiger partial charge in [-0.15, -0.1) is 5.10 Å². The van der Waals surface area contributed by atoms with Gasteiger partial charge in [0.05, 0.1) is 46.7 Å². The summed E-state index contributed by atoms with van der Waals surface area (Å²) in [6, 6.07) is 19.1. The molecule has 1 aliphatic carbocycles. The normalized spacial score (nSPS) is 14.7. The van der Waals surface area contributed by atoms with E-state index in [9.17, 15) is 22.8 Å². The van der Waals surface area contributed by atoms with Gasteiger partial charge >= 0.3 is 6.18 Å². The van der Waals surface area contributed by atoms with Crippen LogP contribution in [0.25, 0.3) is 10.9 Å². The van der Waals surface area contributed by atoms with Crippen LogP contribution in [0.5, 0.6) is 0 Å². The number of benzene rings is 3. The lowest BCUT2D eigenvalue weighted by molar-refractivity contribution is -0.136. The Labute approximate surface area is 245 Å². The number of nitriles is 1. The van der Waals surface area contributed by atoms with E-state index in [2.05, 4.69) is 32.0 Å². The van der Waals surface area contributed by atoms with Crippen LogP contribution >= 0.6 is 0 Å². The number of aromatic nitrogens is 4. The molecule has 11 heteroatoms. The van der Waals surface area contributed by atoms with E-state index < -0.39 is 23.6 Å². The van der Waals surface area contributed by atoms with Gasteiger partial charge in [-0.1, -0.05) is 54.6 Å². The minimum absolute atomic E-state index is 0.120. The summed E-state index contributed by atoms with van der Waals surface area (Å²) in [5, 5.41) is 25.1. The van der Waals surface area contributed by atoms with Crippen LogP contribution in [0.15, 0.2) is 79.1 Å². The fraction of sp³-hybridized carbons (Fsp3) is 0.250. The van der Waals surface area contributed by atoms with Crippen LogP contribution in [0.2, 0.25) is 0 Å². The van der Waals surface area contributed by atoms with Crippen LogP contribution in [-0.4, -0.2) is 20.0 Å². The van der Waals surface area contributed by atoms with Crippen LogP contribution in [0, 0.1) is 17.1 Å². The molecule has 6 rings (SSSR count). The number of halogens is 4. The predicted octanol–water partition coefficient (Wildman–Crippen LogP) is 7.96. The minimum Gasteiger partial charge on any atom is -0.377 e. The minimum atomic E-state index is -4.74. The van der Waals surface area contributed by atoms with Crippen molar-refractivity contribution >= 4 is 22.3 Å². The second-order valence-corrected chi connectivity index (χ2v) is 10.6. The smallest absolute Gasteiger partial charge is 0.377 e. The number of pyridine rings is 1. The third-order valence-corrected chi connectivity index (χ3v) is 7.59. The molecular formula is C32H27F4N7. The Hall–Kier alpha value is -4.98. The first kappa shape index (κ1) is 28.2. The van der Waals surface area contributed by atoms with Crippen molar-refractivity contribution in [2.75, 3.05) is 10.6 Å². The van der Waals surface area contributed by atoms with E-state index in [4.69, 9.17) is 0 Å². The van der Waals surface area contributed by atoms with Gasteiger partial charge < -0.3 is 10.6 Å². The molecule has 0 amide bonds. The van der Waals surface area contributed by atoms with Gasteiger partial charge in [0.15, 0.2) is 0 Å². The number of anilines is 2. The van der Waals surface area contributed by atoms with Gasteiger partial charge in [0.25, 0.3) is 0 Å². The average Bonchev–Trinajstić information content (AvgIpc) is 3.75. The molecule has 2 N–H and O–H groups in total. The summed E-state index contributed by atoms with van der Waals surface area (Å²) in [7, 11) is 0. The van der Waals surface area contributed by atoms with E-state index in [1.165, 1.54) is 18.3 Å². The van der Waals surface area contributed by atoms with E-state index in [1.54, 1.807) is 29.1 Å². The summed E-state index contributed by atoms with van der Waals surface area (Å²) in [4.78, 5) is 4.08. The monoisotopic (exact) mass is 585 g/mol. The van der Waals surface area contributed by atoms with Crippen LogP contribution in [0.1, 0.15) is 72.3 Å². The molecule has 2 atom stereocenters. The van der Waals surface area contributed by atoms with Crippen molar-refractivity contribution < 1.29 is 17.6 Å². The number of nitrogens with zero attached hydrogens (tertiary/aromatic N) is 5. The molecule has 2 aromatic heterocycles. The van der Waals surface area contributed by atoms with Gasteiger partial charge in [-0.3, -0.25) is 4.98 Å². The summed E-state index contributed by atoms with van der Waals surface area (Å²) in [5.41, 5.74) is 1.28. The summed E-state index contributed by atoms with van der Waals surface area (Å²) in [6.07, 6.45) is 0.761. The fourth-order valence-corrected chi connectivity index (χ4v) is 5.21. The van der Waals surface area contributed by atoms with Crippen molar-refractivity contribution in [1.29, 1.82) is 5.26 Å². The molecule has 218 valence electrons. The van der Waals surface area contributed by atoms with Gasteiger partial charge in [-0.25, -0.2) is 9.07 Å². The van der Waals surface area contributed by atoms with Crippen molar-refractivity contribution in [2.24, 2.45) is 0 Å². The van der Waals surface area contributed by atoms with E-state index in [0.717, 1.165) is 24.5 Å². The maximum Gasteiger partial charge on any atom is 0.418 e. The number of hydrogen-bond donors (Lipinski definition) is 2. The van der Waals surface area contributed by atoms with Gasteiger partial charge in [0.1, 0.15) is 17.6 Å². The fourth-order valence-electron chi connectivity index (χ4n) is 5.21. The molecule has 0 radical (unpaired) electrons. The van der Waals surface area contributed by atoms with Crippen LogP contribution in [0.4, 0.5) is 28.9 Å². The molecule has 1 saturated carbocycles. The Bertz CT molecular complexity index is 1790. The van der Waals surface area contributed by atoms with Gasteiger partial charge in [-0.2, -0.15) is 18.4 Å². The highest BCUT2D eigenvalue weighted by Crippen LogP contribution is 2.41. The first-order valence-corrected chi connectivity index (χ1v) is 13.9. The average molecular weight is 586 g/mol. The van der Waals surface area contributed by atoms with Crippen LogP contribution in [-0.2, 0) is 6.18 Å². The maximum absolute atomic E-state index is 14.5. The molecule has 43 heavy (non-hydrogen) atoms. The molecule has 0 spiro atoms. The molecule has 1 fully saturated rings. The summed E-state index contributed by atoms with van der Waals surface area (Å²) in [6.45, 7) is 1.95. The van der Waals surface area contributed by atoms with Crippen molar-refractivity contribution in [3.05, 3.63) is 113 Å². The zero-order valence-electron chi connectivity index (χ0n) is 23.1. The van der Waals surface area contributed by atoms with Crippen molar-refractivity contribution in [3.8, 4) is 6.07 Å². The van der Waals surface area contributed by atoms with Crippen molar-refractivity contribution in [2.45, 2.75) is 50.5 Å². The Morgan fingerprint density at radius 2 is 1.77 bits per heavy atom. The first-order valence-electron chi connectivity index (χ1n) is 13.9. The van der Waals surface area contributed by atoms with E-state index in [-0.39, 0.29) is 39.9 Å². The van der Waals surface area contributed by atoms with Crippen molar-refractivity contribution in [1.82, 2.24) is 20.0 Å². The molecular weight excluding hydrogens is 558 g/mol. The van der Waals surface area contributed by atoms with Gasteiger partial charge in [0, 0.05) is 17.3 Å². The highest BCUT2D eigenvalue weighted by Gasteiger charge is 2.35. The number of nitrogens with one attached hydrogen (secondary N) is 2. The highest BCUT2D eigenvalue weighted by atomic mass is 19.4. The topological polar surface area (TPSA) is 91.5 Å². The number of hydrogen-bond acceptors (Lipinski definition) is 6. The Morgan fingerprint density at radius 1 is 1.02 bits per heavy atom. The second-order valence-electron chi connectivity index (χ2n) is 10.6. The molecule has 0 saturated heterocycles. The molecule has 1 unspecified atom stereocenters. The molecule has 0 bridgehead atoms. The number of rotatable bonds is 9. The molecule has 7 nitrogen and oxygen atoms in total. The lowest BCUT2D eigenvalue weighted by atomic mass is 9.99. The third-order valence-electron chi connectivity index (χ3n) is 7.59. The predicted molar refractivity (Wildman–Crippen MR) is 155 cm³/mol. The lowest BCUT2D eigenvalue weighted by Gasteiger charge is -2.23. The van der Waals surface area contributed by atoms with Crippen molar-refractivity contribution in [3.63, 3.8) is 0 Å². The Balaban J connectivity index is 1.49. The van der Waals surface area contributed by atoms with E-state index in [1.807, 2.05) is 37.3 Å². The van der Waals surface area contributed by atoms with Crippen LogP contribution < -0.4 is 10.6 Å². The quantitative estimate of drug-likeness (QED) is 0.171. The zero-order valence-corrected chi connectivity index (χ0v) is 23.1. The van der Waals surface area contributed by atoms with E-state index in [0.29, 0.717) is 17.7 Å². The van der Waals surface area contributed by atoms with Gasteiger partial charge in [-0.05, 0) is 54.7 Å². The maximum atomic E-state index is 14.5. The van der Waals surface area contributed by atoms with Gasteiger partial charge in [0.2, 0.25) is 0 Å². The lowest BCUT2D eigenvalue weighted by Crippen LogP contribution is -2.16. The number of fused-ring (bicyclic) bond motifs is 1.